The maximum atomic E-state index is 5.63. The number of rotatable bonds is 6. The van der Waals surface area contributed by atoms with E-state index in [2.05, 4.69) is 19.2 Å². The van der Waals surface area contributed by atoms with Gasteiger partial charge < -0.3 is 10.1 Å². The molecule has 0 bridgehead atoms. The van der Waals surface area contributed by atoms with Crippen molar-refractivity contribution in [3.63, 3.8) is 0 Å². The second-order valence-electron chi connectivity index (χ2n) is 3.93. The summed E-state index contributed by atoms with van der Waals surface area (Å²) in [5, 5.41) is 3.57. The Kier molecular flexibility index (Phi) is 5.40. The van der Waals surface area contributed by atoms with Crippen LogP contribution in [0.4, 0.5) is 0 Å². The van der Waals surface area contributed by atoms with Gasteiger partial charge >= 0.3 is 0 Å². The van der Waals surface area contributed by atoms with Gasteiger partial charge in [-0.15, -0.1) is 0 Å². The standard InChI is InChI=1S/C11H23NO/c1-3-7-12-10(4-2)9-11-6-5-8-13-11/h10-12H,3-9H2,1-2H3. The largest absolute Gasteiger partial charge is 0.378 e. The summed E-state index contributed by atoms with van der Waals surface area (Å²) < 4.78 is 5.63. The van der Waals surface area contributed by atoms with E-state index in [1.807, 2.05) is 0 Å². The second-order valence-corrected chi connectivity index (χ2v) is 3.93. The van der Waals surface area contributed by atoms with Gasteiger partial charge in [-0.25, -0.2) is 0 Å². The average molecular weight is 185 g/mol. The lowest BCUT2D eigenvalue weighted by molar-refractivity contribution is 0.0941. The monoisotopic (exact) mass is 185 g/mol. The van der Waals surface area contributed by atoms with Crippen molar-refractivity contribution in [3.05, 3.63) is 0 Å². The predicted octanol–water partition coefficient (Wildman–Crippen LogP) is 2.33. The zero-order chi connectivity index (χ0) is 9.52. The van der Waals surface area contributed by atoms with Crippen LogP contribution in [0, 0.1) is 0 Å². The molecule has 1 fully saturated rings. The minimum absolute atomic E-state index is 0.536. The number of hydrogen-bond acceptors (Lipinski definition) is 2. The first-order valence-electron chi connectivity index (χ1n) is 5.71. The number of hydrogen-bond donors (Lipinski definition) is 1. The summed E-state index contributed by atoms with van der Waals surface area (Å²) in [6.45, 7) is 6.59. The van der Waals surface area contributed by atoms with E-state index in [-0.39, 0.29) is 0 Å². The highest BCUT2D eigenvalue weighted by atomic mass is 16.5. The molecule has 0 radical (unpaired) electrons. The molecule has 0 aromatic heterocycles. The molecule has 2 atom stereocenters. The first-order chi connectivity index (χ1) is 6.36. The van der Waals surface area contributed by atoms with Gasteiger partial charge in [0.25, 0.3) is 0 Å². The highest BCUT2D eigenvalue weighted by Crippen LogP contribution is 2.17. The maximum absolute atomic E-state index is 5.63. The predicted molar refractivity (Wildman–Crippen MR) is 56.0 cm³/mol. The Morgan fingerprint density at radius 2 is 2.31 bits per heavy atom. The molecular formula is C11H23NO. The molecule has 13 heavy (non-hydrogen) atoms. The minimum Gasteiger partial charge on any atom is -0.378 e. The van der Waals surface area contributed by atoms with Gasteiger partial charge in [0.2, 0.25) is 0 Å². The SMILES string of the molecule is CCCNC(CC)CC1CCCO1. The van der Waals surface area contributed by atoms with E-state index < -0.39 is 0 Å². The molecule has 0 aromatic rings. The molecule has 0 saturated carbocycles. The van der Waals surface area contributed by atoms with Crippen LogP contribution >= 0.6 is 0 Å². The van der Waals surface area contributed by atoms with Crippen molar-refractivity contribution in [2.75, 3.05) is 13.2 Å². The first kappa shape index (κ1) is 11.0. The van der Waals surface area contributed by atoms with E-state index in [4.69, 9.17) is 4.74 Å². The summed E-state index contributed by atoms with van der Waals surface area (Å²) in [6, 6.07) is 0.669. The topological polar surface area (TPSA) is 21.3 Å². The lowest BCUT2D eigenvalue weighted by Gasteiger charge is -2.19. The molecule has 2 unspecified atom stereocenters. The molecule has 0 aromatic carbocycles. The highest BCUT2D eigenvalue weighted by Gasteiger charge is 2.19. The van der Waals surface area contributed by atoms with Crippen molar-refractivity contribution < 1.29 is 4.74 Å². The Bertz CT molecular complexity index is 121. The summed E-state index contributed by atoms with van der Waals surface area (Å²) in [5.74, 6) is 0. The lowest BCUT2D eigenvalue weighted by Crippen LogP contribution is -2.32. The zero-order valence-electron chi connectivity index (χ0n) is 9.01. The first-order valence-corrected chi connectivity index (χ1v) is 5.71. The summed E-state index contributed by atoms with van der Waals surface area (Å²) in [4.78, 5) is 0. The molecule has 1 N–H and O–H groups in total. The van der Waals surface area contributed by atoms with E-state index in [9.17, 15) is 0 Å². The molecule has 1 rings (SSSR count). The Labute approximate surface area is 82.0 Å². The van der Waals surface area contributed by atoms with Crippen molar-refractivity contribution in [1.82, 2.24) is 5.32 Å². The number of nitrogens with one attached hydrogen (secondary N) is 1. The maximum Gasteiger partial charge on any atom is 0.0590 e. The van der Waals surface area contributed by atoms with Crippen molar-refractivity contribution in [1.29, 1.82) is 0 Å². The summed E-state index contributed by atoms with van der Waals surface area (Å²) >= 11 is 0. The zero-order valence-corrected chi connectivity index (χ0v) is 9.01. The number of ether oxygens (including phenoxy) is 1. The van der Waals surface area contributed by atoms with Crippen LogP contribution in [-0.4, -0.2) is 25.3 Å². The third kappa shape index (κ3) is 4.10. The smallest absolute Gasteiger partial charge is 0.0590 e. The van der Waals surface area contributed by atoms with Gasteiger partial charge in [0.1, 0.15) is 0 Å². The fourth-order valence-electron chi connectivity index (χ4n) is 1.89. The molecule has 0 spiro atoms. The molecule has 78 valence electrons. The summed E-state index contributed by atoms with van der Waals surface area (Å²) in [6.07, 6.45) is 6.71. The van der Waals surface area contributed by atoms with Crippen LogP contribution in [0.3, 0.4) is 0 Å². The van der Waals surface area contributed by atoms with Crippen LogP contribution in [0.2, 0.25) is 0 Å². The molecule has 1 heterocycles. The molecule has 1 aliphatic heterocycles. The molecular weight excluding hydrogens is 162 g/mol. The van der Waals surface area contributed by atoms with Gasteiger partial charge in [-0.2, -0.15) is 0 Å². The fourth-order valence-corrected chi connectivity index (χ4v) is 1.89. The molecule has 2 nitrogen and oxygen atoms in total. The normalized spacial score (nSPS) is 24.9. The van der Waals surface area contributed by atoms with Crippen LogP contribution in [0.25, 0.3) is 0 Å². The van der Waals surface area contributed by atoms with Gasteiger partial charge in [-0.05, 0) is 38.6 Å². The highest BCUT2D eigenvalue weighted by molar-refractivity contribution is 4.73. The Morgan fingerprint density at radius 3 is 2.85 bits per heavy atom. The third-order valence-corrected chi connectivity index (χ3v) is 2.75. The Morgan fingerprint density at radius 1 is 1.46 bits per heavy atom. The van der Waals surface area contributed by atoms with Gasteiger partial charge in [-0.3, -0.25) is 0 Å². The van der Waals surface area contributed by atoms with Crippen LogP contribution in [0.1, 0.15) is 46.0 Å². The average Bonchev–Trinajstić information content (AvgIpc) is 2.64. The van der Waals surface area contributed by atoms with Crippen LogP contribution in [-0.2, 0) is 4.74 Å². The van der Waals surface area contributed by atoms with Crippen molar-refractivity contribution in [2.45, 2.75) is 58.1 Å². The Hall–Kier alpha value is -0.0800. The molecule has 0 amide bonds. The molecule has 1 saturated heterocycles. The molecule has 1 aliphatic rings. The summed E-state index contributed by atoms with van der Waals surface area (Å²) in [5.41, 5.74) is 0. The van der Waals surface area contributed by atoms with Gasteiger partial charge in [0, 0.05) is 12.6 Å². The minimum atomic E-state index is 0.536. The molecule has 2 heteroatoms. The van der Waals surface area contributed by atoms with Crippen LogP contribution < -0.4 is 5.32 Å². The second kappa shape index (κ2) is 6.39. The third-order valence-electron chi connectivity index (χ3n) is 2.75. The summed E-state index contributed by atoms with van der Waals surface area (Å²) in [7, 11) is 0. The van der Waals surface area contributed by atoms with Crippen LogP contribution in [0.5, 0.6) is 0 Å². The van der Waals surface area contributed by atoms with Crippen molar-refractivity contribution >= 4 is 0 Å². The van der Waals surface area contributed by atoms with E-state index in [1.54, 1.807) is 0 Å². The van der Waals surface area contributed by atoms with E-state index >= 15 is 0 Å². The Balaban J connectivity index is 2.13. The van der Waals surface area contributed by atoms with E-state index in [1.165, 1.54) is 32.1 Å². The van der Waals surface area contributed by atoms with Gasteiger partial charge in [-0.1, -0.05) is 13.8 Å². The van der Waals surface area contributed by atoms with Gasteiger partial charge in [0.15, 0.2) is 0 Å². The van der Waals surface area contributed by atoms with Gasteiger partial charge in [0.05, 0.1) is 6.10 Å². The van der Waals surface area contributed by atoms with Crippen molar-refractivity contribution in [3.8, 4) is 0 Å². The fraction of sp³-hybridized carbons (Fsp3) is 1.00. The van der Waals surface area contributed by atoms with E-state index in [0.717, 1.165) is 13.2 Å². The lowest BCUT2D eigenvalue weighted by atomic mass is 10.0. The van der Waals surface area contributed by atoms with Crippen molar-refractivity contribution in [2.24, 2.45) is 0 Å². The molecule has 0 aliphatic carbocycles. The van der Waals surface area contributed by atoms with Crippen LogP contribution in [0.15, 0.2) is 0 Å². The van der Waals surface area contributed by atoms with E-state index in [0.29, 0.717) is 12.1 Å². The quantitative estimate of drug-likeness (QED) is 0.686.